The molecule has 1 aromatic carbocycles. The highest BCUT2D eigenvalue weighted by atomic mass is 19.4. The highest BCUT2D eigenvalue weighted by Gasteiger charge is 2.31. The number of nitrogens with zero attached hydrogens (tertiary/aromatic N) is 2. The van der Waals surface area contributed by atoms with Gasteiger partial charge < -0.3 is 14.8 Å². The molecule has 0 saturated heterocycles. The lowest BCUT2D eigenvalue weighted by molar-refractivity contribution is -0.142. The van der Waals surface area contributed by atoms with Crippen LogP contribution >= 0.6 is 0 Å². The van der Waals surface area contributed by atoms with Crippen LogP contribution in [0.2, 0.25) is 0 Å². The minimum atomic E-state index is -4.26. The van der Waals surface area contributed by atoms with Gasteiger partial charge in [-0.3, -0.25) is 4.68 Å². The van der Waals surface area contributed by atoms with Gasteiger partial charge in [-0.2, -0.15) is 18.3 Å². The summed E-state index contributed by atoms with van der Waals surface area (Å²) in [6.45, 7) is -0.297. The van der Waals surface area contributed by atoms with E-state index in [9.17, 15) is 13.2 Å². The van der Waals surface area contributed by atoms with Crippen molar-refractivity contribution in [1.29, 1.82) is 0 Å². The first kappa shape index (κ1) is 16.3. The van der Waals surface area contributed by atoms with Gasteiger partial charge in [0.15, 0.2) is 11.5 Å². The molecule has 1 aromatic heterocycles. The van der Waals surface area contributed by atoms with Crippen molar-refractivity contribution in [3.8, 4) is 11.5 Å². The Morgan fingerprint density at radius 2 is 2.16 bits per heavy atom. The summed E-state index contributed by atoms with van der Waals surface area (Å²) in [6, 6.07) is 5.64. The molecule has 2 aromatic rings. The number of alkyl halides is 3. The summed E-state index contributed by atoms with van der Waals surface area (Å²) >= 11 is 0. The van der Waals surface area contributed by atoms with E-state index < -0.39 is 12.7 Å². The number of aromatic nitrogens is 2. The lowest BCUT2D eigenvalue weighted by atomic mass is 9.93. The summed E-state index contributed by atoms with van der Waals surface area (Å²) in [4.78, 5) is 0. The van der Waals surface area contributed by atoms with E-state index in [1.54, 1.807) is 0 Å². The minimum Gasteiger partial charge on any atom is -0.454 e. The molecule has 0 saturated carbocycles. The Morgan fingerprint density at radius 1 is 1.28 bits per heavy atom. The number of para-hydroxylation sites is 1. The van der Waals surface area contributed by atoms with Crippen molar-refractivity contribution in [3.63, 3.8) is 0 Å². The van der Waals surface area contributed by atoms with Gasteiger partial charge in [0.2, 0.25) is 6.79 Å². The smallest absolute Gasteiger partial charge is 0.408 e. The van der Waals surface area contributed by atoms with Crippen LogP contribution in [0.3, 0.4) is 0 Å². The molecule has 1 aliphatic carbocycles. The second-order valence-corrected chi connectivity index (χ2v) is 6.33. The molecule has 0 fully saturated rings. The molecule has 1 N–H and O–H groups in total. The summed E-state index contributed by atoms with van der Waals surface area (Å²) < 4.78 is 49.6. The zero-order chi connectivity index (χ0) is 17.4. The molecule has 1 aliphatic heterocycles. The molecular formula is C17H18F3N3O2. The Hall–Kier alpha value is -2.22. The summed E-state index contributed by atoms with van der Waals surface area (Å²) in [5.41, 5.74) is 2.59. The highest BCUT2D eigenvalue weighted by molar-refractivity contribution is 5.48. The molecule has 4 rings (SSSR count). The van der Waals surface area contributed by atoms with Crippen molar-refractivity contribution in [3.05, 3.63) is 41.2 Å². The van der Waals surface area contributed by atoms with E-state index >= 15 is 0 Å². The predicted molar refractivity (Wildman–Crippen MR) is 83.4 cm³/mol. The fourth-order valence-corrected chi connectivity index (χ4v) is 3.42. The first-order chi connectivity index (χ1) is 12.0. The van der Waals surface area contributed by atoms with Gasteiger partial charge in [-0.25, -0.2) is 0 Å². The number of hydrogen-bond donors (Lipinski definition) is 1. The van der Waals surface area contributed by atoms with Crippen LogP contribution in [0.25, 0.3) is 0 Å². The Morgan fingerprint density at radius 3 is 3.00 bits per heavy atom. The van der Waals surface area contributed by atoms with E-state index in [0.717, 1.165) is 52.3 Å². The molecule has 2 heterocycles. The number of ether oxygens (including phenoxy) is 2. The molecule has 1 atom stereocenters. The number of nitrogens with one attached hydrogen (secondary N) is 1. The average molecular weight is 353 g/mol. The van der Waals surface area contributed by atoms with E-state index in [1.807, 2.05) is 18.2 Å². The Kier molecular flexibility index (Phi) is 4.07. The lowest BCUT2D eigenvalue weighted by Gasteiger charge is -2.22. The van der Waals surface area contributed by atoms with E-state index in [0.29, 0.717) is 6.54 Å². The SMILES string of the molecule is FC(F)(F)Cn1cc2c(n1)[C@@H](NCc1cccc3c1OCO3)CCC2. The number of benzene rings is 1. The van der Waals surface area contributed by atoms with E-state index in [-0.39, 0.29) is 12.8 Å². The first-order valence-corrected chi connectivity index (χ1v) is 8.23. The molecule has 0 spiro atoms. The van der Waals surface area contributed by atoms with Crippen LogP contribution in [0.15, 0.2) is 24.4 Å². The molecule has 0 bridgehead atoms. The summed E-state index contributed by atoms with van der Waals surface area (Å²) in [5.74, 6) is 1.45. The van der Waals surface area contributed by atoms with Gasteiger partial charge in [0.25, 0.3) is 0 Å². The fourth-order valence-electron chi connectivity index (χ4n) is 3.42. The van der Waals surface area contributed by atoms with Gasteiger partial charge in [-0.1, -0.05) is 12.1 Å². The van der Waals surface area contributed by atoms with Crippen LogP contribution in [0, 0.1) is 0 Å². The number of fused-ring (bicyclic) bond motifs is 2. The van der Waals surface area contributed by atoms with E-state index in [2.05, 4.69) is 10.4 Å². The third kappa shape index (κ3) is 3.44. The molecular weight excluding hydrogens is 335 g/mol. The van der Waals surface area contributed by atoms with Gasteiger partial charge >= 0.3 is 6.18 Å². The van der Waals surface area contributed by atoms with Crippen LogP contribution in [-0.2, 0) is 19.5 Å². The first-order valence-electron chi connectivity index (χ1n) is 8.23. The summed E-state index contributed by atoms with van der Waals surface area (Å²) in [5, 5.41) is 7.59. The maximum atomic E-state index is 12.6. The minimum absolute atomic E-state index is 0.0589. The Labute approximate surface area is 142 Å². The lowest BCUT2D eigenvalue weighted by Crippen LogP contribution is -2.25. The number of hydrogen-bond acceptors (Lipinski definition) is 4. The zero-order valence-corrected chi connectivity index (χ0v) is 13.5. The second kappa shape index (κ2) is 6.25. The molecule has 0 amide bonds. The maximum Gasteiger partial charge on any atom is 0.408 e. The molecule has 25 heavy (non-hydrogen) atoms. The van der Waals surface area contributed by atoms with Crippen LogP contribution in [0.5, 0.6) is 11.5 Å². The van der Waals surface area contributed by atoms with Crippen LogP contribution in [0.4, 0.5) is 13.2 Å². The molecule has 2 aliphatic rings. The molecule has 0 radical (unpaired) electrons. The van der Waals surface area contributed by atoms with Crippen molar-refractivity contribution in [1.82, 2.24) is 15.1 Å². The Bertz CT molecular complexity index is 773. The Balaban J connectivity index is 1.49. The standard InChI is InChI=1S/C17H18F3N3O2/c18-17(19,20)9-23-8-12-4-1-5-13(15(12)22-23)21-7-11-3-2-6-14-16(11)25-10-24-14/h2-3,6,8,13,21H,1,4-5,7,9-10H2/t13-/m0/s1. The normalized spacial score (nSPS) is 19.1. The maximum absolute atomic E-state index is 12.6. The van der Waals surface area contributed by atoms with Crippen molar-refractivity contribution in [2.75, 3.05) is 6.79 Å². The largest absolute Gasteiger partial charge is 0.454 e. The number of aryl methyl sites for hydroxylation is 1. The van der Waals surface area contributed by atoms with Gasteiger partial charge in [-0.15, -0.1) is 0 Å². The zero-order valence-electron chi connectivity index (χ0n) is 13.5. The average Bonchev–Trinajstić information content (AvgIpc) is 3.17. The van der Waals surface area contributed by atoms with Crippen molar-refractivity contribution in [2.45, 2.75) is 44.6 Å². The molecule has 8 heteroatoms. The quantitative estimate of drug-likeness (QED) is 0.916. The number of rotatable bonds is 4. The summed E-state index contributed by atoms with van der Waals surface area (Å²) in [6.07, 6.45) is -0.201. The van der Waals surface area contributed by atoms with Crippen molar-refractivity contribution in [2.24, 2.45) is 0 Å². The topological polar surface area (TPSA) is 48.3 Å². The van der Waals surface area contributed by atoms with Gasteiger partial charge in [-0.05, 0) is 30.9 Å². The third-order valence-corrected chi connectivity index (χ3v) is 4.50. The number of halogens is 3. The van der Waals surface area contributed by atoms with Gasteiger partial charge in [0.1, 0.15) is 6.54 Å². The van der Waals surface area contributed by atoms with Crippen molar-refractivity contribution >= 4 is 0 Å². The predicted octanol–water partition coefficient (Wildman–Crippen LogP) is 3.34. The summed E-state index contributed by atoms with van der Waals surface area (Å²) in [7, 11) is 0. The van der Waals surface area contributed by atoms with Gasteiger partial charge in [0, 0.05) is 18.3 Å². The van der Waals surface area contributed by atoms with Crippen LogP contribution in [0.1, 0.15) is 35.7 Å². The molecule has 5 nitrogen and oxygen atoms in total. The van der Waals surface area contributed by atoms with Crippen molar-refractivity contribution < 1.29 is 22.6 Å². The third-order valence-electron chi connectivity index (χ3n) is 4.50. The molecule has 0 unspecified atom stereocenters. The fraction of sp³-hybridized carbons (Fsp3) is 0.471. The highest BCUT2D eigenvalue weighted by Crippen LogP contribution is 2.36. The van der Waals surface area contributed by atoms with Crippen LogP contribution < -0.4 is 14.8 Å². The second-order valence-electron chi connectivity index (χ2n) is 6.33. The van der Waals surface area contributed by atoms with Crippen LogP contribution in [-0.4, -0.2) is 22.7 Å². The monoisotopic (exact) mass is 353 g/mol. The van der Waals surface area contributed by atoms with E-state index in [1.165, 1.54) is 6.20 Å². The van der Waals surface area contributed by atoms with E-state index in [4.69, 9.17) is 9.47 Å². The molecule has 134 valence electrons. The van der Waals surface area contributed by atoms with Gasteiger partial charge in [0.05, 0.1) is 11.7 Å².